The Morgan fingerprint density at radius 2 is 2.00 bits per heavy atom. The third kappa shape index (κ3) is 4.98. The van der Waals surface area contributed by atoms with E-state index in [-0.39, 0.29) is 0 Å². The third-order valence-electron chi connectivity index (χ3n) is 4.89. The van der Waals surface area contributed by atoms with E-state index < -0.39 is 0 Å². The molecule has 0 saturated carbocycles. The molecule has 3 aromatic rings. The van der Waals surface area contributed by atoms with Crippen LogP contribution in [-0.2, 0) is 13.1 Å². The van der Waals surface area contributed by atoms with E-state index in [0.717, 1.165) is 55.7 Å². The molecule has 30 heavy (non-hydrogen) atoms. The maximum absolute atomic E-state index is 6.03. The molecule has 10 heteroatoms. The maximum Gasteiger partial charge on any atom is 0.246 e. The van der Waals surface area contributed by atoms with Gasteiger partial charge in [-0.25, -0.2) is 0 Å². The van der Waals surface area contributed by atoms with Gasteiger partial charge in [0.15, 0.2) is 5.96 Å². The molecule has 1 aromatic carbocycles. The van der Waals surface area contributed by atoms with Crippen LogP contribution in [0, 0.1) is 6.92 Å². The number of halogens is 1. The predicted molar refractivity (Wildman–Crippen MR) is 113 cm³/mol. The first kappa shape index (κ1) is 20.4. The van der Waals surface area contributed by atoms with E-state index in [9.17, 15) is 0 Å². The Labute approximate surface area is 179 Å². The average Bonchev–Trinajstić information content (AvgIpc) is 3.39. The highest BCUT2D eigenvalue weighted by Gasteiger charge is 2.21. The molecule has 0 amide bonds. The van der Waals surface area contributed by atoms with Gasteiger partial charge in [-0.3, -0.25) is 9.89 Å². The molecule has 0 unspecified atom stereocenters. The molecule has 1 aliphatic rings. The summed E-state index contributed by atoms with van der Waals surface area (Å²) in [6.45, 7) is 6.69. The minimum atomic E-state index is 0.401. The lowest BCUT2D eigenvalue weighted by Gasteiger charge is -2.36. The van der Waals surface area contributed by atoms with Gasteiger partial charge in [0.25, 0.3) is 0 Å². The van der Waals surface area contributed by atoms with Gasteiger partial charge in [0.1, 0.15) is 5.76 Å². The molecular weight excluding hydrogens is 406 g/mol. The van der Waals surface area contributed by atoms with Gasteiger partial charge in [0.05, 0.1) is 12.2 Å². The zero-order valence-corrected chi connectivity index (χ0v) is 17.8. The smallest absolute Gasteiger partial charge is 0.246 e. The van der Waals surface area contributed by atoms with Gasteiger partial charge >= 0.3 is 0 Å². The van der Waals surface area contributed by atoms with Crippen molar-refractivity contribution >= 4 is 17.6 Å². The zero-order chi connectivity index (χ0) is 20.9. The number of piperazine rings is 1. The van der Waals surface area contributed by atoms with Crippen LogP contribution < -0.4 is 5.32 Å². The van der Waals surface area contributed by atoms with Gasteiger partial charge in [-0.1, -0.05) is 34.0 Å². The van der Waals surface area contributed by atoms with Gasteiger partial charge in [0, 0.05) is 56.4 Å². The Morgan fingerprint density at radius 3 is 2.70 bits per heavy atom. The van der Waals surface area contributed by atoms with Crippen LogP contribution in [0.5, 0.6) is 0 Å². The summed E-state index contributed by atoms with van der Waals surface area (Å²) in [5.41, 5.74) is 1.79. The number of rotatable bonds is 5. The fourth-order valence-corrected chi connectivity index (χ4v) is 3.59. The normalized spacial score (nSPS) is 15.6. The second-order valence-corrected chi connectivity index (χ2v) is 7.55. The van der Waals surface area contributed by atoms with E-state index in [1.165, 1.54) is 0 Å². The number of guanidine groups is 1. The summed E-state index contributed by atoms with van der Waals surface area (Å²) in [5, 5.41) is 12.1. The van der Waals surface area contributed by atoms with Crippen LogP contribution in [0.3, 0.4) is 0 Å². The number of aliphatic imine (C=N–C) groups is 1. The lowest BCUT2D eigenvalue weighted by molar-refractivity contribution is 0.168. The molecule has 1 aliphatic heterocycles. The van der Waals surface area contributed by atoms with E-state index in [1.807, 2.05) is 37.3 Å². The highest BCUT2D eigenvalue weighted by Crippen LogP contribution is 2.20. The van der Waals surface area contributed by atoms with Crippen LogP contribution in [-0.4, -0.2) is 64.3 Å². The second kappa shape index (κ2) is 9.27. The molecule has 158 valence electrons. The van der Waals surface area contributed by atoms with Crippen LogP contribution in [0.25, 0.3) is 11.4 Å². The van der Waals surface area contributed by atoms with Gasteiger partial charge in [0.2, 0.25) is 11.7 Å². The van der Waals surface area contributed by atoms with Crippen molar-refractivity contribution in [2.75, 3.05) is 33.2 Å². The highest BCUT2D eigenvalue weighted by atomic mass is 35.5. The third-order valence-corrected chi connectivity index (χ3v) is 5.13. The first-order valence-electron chi connectivity index (χ1n) is 9.79. The van der Waals surface area contributed by atoms with E-state index in [4.69, 9.17) is 20.6 Å². The van der Waals surface area contributed by atoms with Crippen molar-refractivity contribution in [1.29, 1.82) is 0 Å². The molecule has 9 nitrogen and oxygen atoms in total. The number of nitrogens with one attached hydrogen (secondary N) is 1. The molecule has 1 saturated heterocycles. The monoisotopic (exact) mass is 429 g/mol. The largest absolute Gasteiger partial charge is 0.361 e. The molecule has 0 atom stereocenters. The first-order valence-corrected chi connectivity index (χ1v) is 10.2. The van der Waals surface area contributed by atoms with Gasteiger partial charge in [-0.05, 0) is 19.1 Å². The number of nitrogens with zero attached hydrogens (tertiary/aromatic N) is 6. The van der Waals surface area contributed by atoms with Crippen molar-refractivity contribution in [2.45, 2.75) is 20.0 Å². The van der Waals surface area contributed by atoms with Crippen molar-refractivity contribution in [3.63, 3.8) is 0 Å². The van der Waals surface area contributed by atoms with Crippen molar-refractivity contribution in [3.8, 4) is 11.4 Å². The van der Waals surface area contributed by atoms with Crippen LogP contribution in [0.15, 0.2) is 44.4 Å². The molecule has 2 aromatic heterocycles. The number of hydrogen-bond acceptors (Lipinski definition) is 7. The maximum atomic E-state index is 6.03. The van der Waals surface area contributed by atoms with Crippen molar-refractivity contribution in [1.82, 2.24) is 30.4 Å². The Kier molecular flexibility index (Phi) is 6.29. The molecule has 3 heterocycles. The molecule has 4 rings (SSSR count). The van der Waals surface area contributed by atoms with Crippen molar-refractivity contribution in [3.05, 3.63) is 52.7 Å². The number of benzene rings is 1. The van der Waals surface area contributed by atoms with Crippen molar-refractivity contribution < 1.29 is 9.05 Å². The van der Waals surface area contributed by atoms with Gasteiger partial charge < -0.3 is 19.3 Å². The molecule has 0 radical (unpaired) electrons. The quantitative estimate of drug-likeness (QED) is 0.488. The molecule has 0 aliphatic carbocycles. The summed E-state index contributed by atoms with van der Waals surface area (Å²) in [4.78, 5) is 13.4. The fourth-order valence-electron chi connectivity index (χ4n) is 3.40. The average molecular weight is 430 g/mol. The highest BCUT2D eigenvalue weighted by molar-refractivity contribution is 6.30. The number of aromatic nitrogens is 3. The summed E-state index contributed by atoms with van der Waals surface area (Å²) < 4.78 is 10.5. The van der Waals surface area contributed by atoms with Crippen LogP contribution in [0.2, 0.25) is 5.02 Å². The first-order chi connectivity index (χ1) is 14.6. The summed E-state index contributed by atoms with van der Waals surface area (Å²) in [6, 6.07) is 9.35. The predicted octanol–water partition coefficient (Wildman–Crippen LogP) is 2.58. The zero-order valence-electron chi connectivity index (χ0n) is 17.0. The Morgan fingerprint density at radius 1 is 1.17 bits per heavy atom. The van der Waals surface area contributed by atoms with E-state index in [2.05, 4.69) is 35.4 Å². The van der Waals surface area contributed by atoms with E-state index >= 15 is 0 Å². The molecule has 1 fully saturated rings. The summed E-state index contributed by atoms with van der Waals surface area (Å²) in [7, 11) is 1.78. The number of aryl methyl sites for hydroxylation is 1. The Hall–Kier alpha value is -2.91. The van der Waals surface area contributed by atoms with Gasteiger partial charge in [-0.2, -0.15) is 4.98 Å². The lowest BCUT2D eigenvalue weighted by Crippen LogP contribution is -2.52. The van der Waals surface area contributed by atoms with E-state index in [1.54, 1.807) is 7.05 Å². The fraction of sp³-hybridized carbons (Fsp3) is 0.400. The topological polar surface area (TPSA) is 95.8 Å². The molecule has 1 N–H and O–H groups in total. The van der Waals surface area contributed by atoms with E-state index in [0.29, 0.717) is 23.3 Å². The van der Waals surface area contributed by atoms with Crippen LogP contribution in [0.4, 0.5) is 0 Å². The minimum absolute atomic E-state index is 0.401. The Bertz CT molecular complexity index is 1010. The molecule has 0 bridgehead atoms. The SMILES string of the molecule is CN=C(NCc1nc(-c2cccc(Cl)c2)no1)N1CCN(Cc2cc(C)on2)CC1. The lowest BCUT2D eigenvalue weighted by atomic mass is 10.2. The summed E-state index contributed by atoms with van der Waals surface area (Å²) in [5.74, 6) is 2.66. The molecule has 0 spiro atoms. The van der Waals surface area contributed by atoms with Gasteiger partial charge in [-0.15, -0.1) is 0 Å². The summed E-state index contributed by atoms with van der Waals surface area (Å²) in [6.07, 6.45) is 0. The number of hydrogen-bond donors (Lipinski definition) is 1. The Balaban J connectivity index is 1.28. The van der Waals surface area contributed by atoms with Crippen molar-refractivity contribution in [2.24, 2.45) is 4.99 Å². The minimum Gasteiger partial charge on any atom is -0.361 e. The summed E-state index contributed by atoms with van der Waals surface area (Å²) >= 11 is 6.03. The van der Waals surface area contributed by atoms with Crippen LogP contribution >= 0.6 is 11.6 Å². The molecular formula is C20H24ClN7O2. The standard InChI is InChI=1S/C20H24ClN7O2/c1-14-10-17(25-29-14)13-27-6-8-28(9-7-27)20(22-2)23-12-18-24-19(26-30-18)15-4-3-5-16(21)11-15/h3-5,10-11H,6-9,12-13H2,1-2H3,(H,22,23). The second-order valence-electron chi connectivity index (χ2n) is 7.11. The van der Waals surface area contributed by atoms with Crippen LogP contribution in [0.1, 0.15) is 17.3 Å².